The molecular weight excluding hydrogens is 937 g/mol. The lowest BCUT2D eigenvalue weighted by Gasteiger charge is -2.36. The summed E-state index contributed by atoms with van der Waals surface area (Å²) in [6, 6.07) is 0. The molecule has 0 aliphatic heterocycles. The number of fused-ring (bicyclic) bond motifs is 2. The van der Waals surface area contributed by atoms with Crippen LogP contribution < -0.4 is 0 Å². The van der Waals surface area contributed by atoms with Crippen molar-refractivity contribution in [1.82, 2.24) is 0 Å². The highest BCUT2D eigenvalue weighted by molar-refractivity contribution is 6.59. The van der Waals surface area contributed by atoms with Gasteiger partial charge in [-0.15, -0.1) is 19.7 Å². The summed E-state index contributed by atoms with van der Waals surface area (Å²) in [5.41, 5.74) is 0. The quantitative estimate of drug-likeness (QED) is 0.0541. The fraction of sp³-hybridized carbons (Fsp3) is 0.913. The van der Waals surface area contributed by atoms with E-state index in [0.717, 1.165) is 94.7 Å². The molecule has 11 unspecified atom stereocenters. The predicted molar refractivity (Wildman–Crippen MR) is 345 cm³/mol. The lowest BCUT2D eigenvalue weighted by Crippen LogP contribution is -2.29. The van der Waals surface area contributed by atoms with Crippen LogP contribution in [-0.4, -0.2) is 57.7 Å². The summed E-state index contributed by atoms with van der Waals surface area (Å²) in [5.74, 6) is 18.4. The molecule has 0 spiro atoms. The van der Waals surface area contributed by atoms with Gasteiger partial charge in [-0.1, -0.05) is 280 Å². The Balaban J connectivity index is 0.000000368. The molecule has 422 valence electrons. The second-order valence-electron chi connectivity index (χ2n) is 30.4. The third kappa shape index (κ3) is 30.7. The highest BCUT2D eigenvalue weighted by atomic mass is 27.2. The van der Waals surface area contributed by atoms with Crippen LogP contribution in [0.5, 0.6) is 0 Å². The van der Waals surface area contributed by atoms with Gasteiger partial charge in [0, 0.05) is 0 Å². The molecule has 5 aliphatic rings. The first-order valence-corrected chi connectivity index (χ1v) is 42.8. The average Bonchev–Trinajstić information content (AvgIpc) is 3.91. The molecule has 4 heteroatoms. The van der Waals surface area contributed by atoms with E-state index < -0.39 is 42.4 Å². The molecule has 73 heavy (non-hydrogen) atoms. The summed E-state index contributed by atoms with van der Waals surface area (Å²) < 4.78 is 0. The summed E-state index contributed by atoms with van der Waals surface area (Å²) in [4.78, 5) is 0. The van der Waals surface area contributed by atoms with Crippen LogP contribution in [0.2, 0.25) is 58.1 Å². The Morgan fingerprint density at radius 2 is 0.849 bits per heavy atom. The molecule has 11 atom stereocenters. The Labute approximate surface area is 482 Å². The van der Waals surface area contributed by atoms with Crippen LogP contribution in [0, 0.1) is 112 Å². The van der Waals surface area contributed by atoms with E-state index in [1.54, 1.807) is 125 Å². The lowest BCUT2D eigenvalue weighted by molar-refractivity contribution is 0.171. The van der Waals surface area contributed by atoms with E-state index in [1.165, 1.54) is 36.2 Å². The molecule has 0 bridgehead atoms. The van der Waals surface area contributed by atoms with Gasteiger partial charge in [-0.05, 0) is 129 Å². The van der Waals surface area contributed by atoms with Crippen molar-refractivity contribution >= 4 is 57.7 Å². The third-order valence-electron chi connectivity index (χ3n) is 19.8. The SMILES string of the molecule is C=CC1CCC(C=C)C(C=C)C1.CC(C)[CH2][AlH][CH2]C(C)C.CC(C)[CH2][Al]([CH2]CC1CCC2CCC([CH2][Al]([CH2]C(C)C)[CH2]C(C)C)C2C1)[CH2]C(C)C.CCC1CCC2CC(C[CH2][Al]([CH2]C(C)C)[CH2]C(C)C)CCC12. The zero-order valence-corrected chi connectivity index (χ0v) is 58.2. The van der Waals surface area contributed by atoms with Crippen molar-refractivity contribution in [3.8, 4) is 0 Å². The van der Waals surface area contributed by atoms with Gasteiger partial charge in [0.15, 0.2) is 0 Å². The van der Waals surface area contributed by atoms with E-state index in [0.29, 0.717) is 33.0 Å². The van der Waals surface area contributed by atoms with Gasteiger partial charge in [0.1, 0.15) is 0 Å². The minimum atomic E-state index is -0.548. The smallest absolute Gasteiger partial charge is 0.103 e. The van der Waals surface area contributed by atoms with Crippen molar-refractivity contribution in [3.63, 3.8) is 0 Å². The van der Waals surface area contributed by atoms with Gasteiger partial charge in [-0.25, -0.2) is 0 Å². The van der Waals surface area contributed by atoms with Crippen molar-refractivity contribution in [2.75, 3.05) is 0 Å². The zero-order valence-electron chi connectivity index (χ0n) is 53.4. The van der Waals surface area contributed by atoms with Crippen LogP contribution in [0.15, 0.2) is 38.0 Å². The van der Waals surface area contributed by atoms with Gasteiger partial charge < -0.3 is 0 Å². The Hall–Kier alpha value is 1.35. The molecule has 5 rings (SSSR count). The molecule has 0 N–H and O–H groups in total. The molecule has 0 aromatic carbocycles. The first-order chi connectivity index (χ1) is 34.6. The van der Waals surface area contributed by atoms with Crippen molar-refractivity contribution in [3.05, 3.63) is 38.0 Å². The van der Waals surface area contributed by atoms with E-state index in [9.17, 15) is 0 Å². The second kappa shape index (κ2) is 39.7. The Morgan fingerprint density at radius 3 is 1.30 bits per heavy atom. The maximum absolute atomic E-state index is 3.87. The standard InChI is InChI=1S/C13H23.C12H20.C12H18.8C4H9.4Al.H/c1-3-10-5-8-13-11(4-2)6-7-12(13)9-10;1-3-10-5-7-11-6-4-9(2)12(11)8-10;1-4-10-7-8-11(5-2)12(6-3)9-10;8*1-4(2)3;;;;;/h10-13H,1,3-9H2,2H3;9-12H,1-8H2;4-6,10-12H,1-3,7-9H2;8*4H,1H2,2-3H3;;;;;. The van der Waals surface area contributed by atoms with Crippen molar-refractivity contribution in [2.45, 2.75) is 279 Å². The monoisotopic (exact) mass is 1070 g/mol. The summed E-state index contributed by atoms with van der Waals surface area (Å²) in [7, 11) is 0. The number of rotatable bonds is 28. The van der Waals surface area contributed by atoms with E-state index in [4.69, 9.17) is 0 Å². The van der Waals surface area contributed by atoms with Crippen LogP contribution >= 0.6 is 0 Å². The van der Waals surface area contributed by atoms with Crippen molar-refractivity contribution in [1.29, 1.82) is 0 Å². The summed E-state index contributed by atoms with van der Waals surface area (Å²) >= 11 is -1.22. The van der Waals surface area contributed by atoms with Crippen LogP contribution in [0.4, 0.5) is 0 Å². The van der Waals surface area contributed by atoms with Crippen LogP contribution in [-0.2, 0) is 0 Å². The van der Waals surface area contributed by atoms with Crippen molar-refractivity contribution < 1.29 is 0 Å². The van der Waals surface area contributed by atoms with Crippen LogP contribution in [0.1, 0.15) is 220 Å². The van der Waals surface area contributed by atoms with Gasteiger partial charge in [0.2, 0.25) is 15.2 Å². The first kappa shape index (κ1) is 70.5. The van der Waals surface area contributed by atoms with Crippen LogP contribution in [0.3, 0.4) is 0 Å². The van der Waals surface area contributed by atoms with E-state index in [2.05, 4.69) is 156 Å². The maximum atomic E-state index is 3.87. The van der Waals surface area contributed by atoms with Gasteiger partial charge >= 0.3 is 0 Å². The molecule has 5 saturated carbocycles. The average molecular weight is 1070 g/mol. The Bertz CT molecular complexity index is 1340. The number of allylic oxidation sites excluding steroid dienone is 3. The molecule has 0 aromatic rings. The minimum absolute atomic E-state index is 0.316. The van der Waals surface area contributed by atoms with Gasteiger partial charge in [0.05, 0.1) is 0 Å². The first-order valence-electron chi connectivity index (χ1n) is 33.4. The fourth-order valence-electron chi connectivity index (χ4n) is 16.5. The topological polar surface area (TPSA) is 0 Å². The number of hydrogen-bond donors (Lipinski definition) is 0. The molecule has 0 radical (unpaired) electrons. The summed E-state index contributed by atoms with van der Waals surface area (Å²) in [5, 5.41) is 17.7. The zero-order chi connectivity index (χ0) is 54.6. The summed E-state index contributed by atoms with van der Waals surface area (Å²) in [6.07, 6.45) is 30.5. The molecule has 5 fully saturated rings. The highest BCUT2D eigenvalue weighted by Gasteiger charge is 2.42. The molecule has 0 saturated heterocycles. The lowest BCUT2D eigenvalue weighted by atomic mass is 9.72. The van der Waals surface area contributed by atoms with Crippen LogP contribution in [0.25, 0.3) is 0 Å². The third-order valence-corrected chi connectivity index (χ3v) is 36.1. The van der Waals surface area contributed by atoms with Gasteiger partial charge in [-0.3, -0.25) is 0 Å². The maximum Gasteiger partial charge on any atom is 0.262 e. The molecule has 5 aliphatic carbocycles. The molecular formula is C69H134Al4. The minimum Gasteiger partial charge on any atom is -0.103 e. The number of hydrogen-bond acceptors (Lipinski definition) is 0. The molecule has 0 nitrogen and oxygen atoms in total. The Morgan fingerprint density at radius 1 is 0.411 bits per heavy atom. The highest BCUT2D eigenvalue weighted by Crippen LogP contribution is 2.52. The largest absolute Gasteiger partial charge is 0.262 e. The summed E-state index contributed by atoms with van der Waals surface area (Å²) in [6.45, 7) is 52.8. The fourth-order valence-corrected chi connectivity index (χ4v) is 31.6. The Kier molecular flexibility index (Phi) is 38.3. The van der Waals surface area contributed by atoms with E-state index >= 15 is 0 Å². The van der Waals surface area contributed by atoms with E-state index in [-0.39, 0.29) is 0 Å². The predicted octanol–water partition coefficient (Wildman–Crippen LogP) is 22.6. The molecule has 0 aromatic heterocycles. The second-order valence-corrected chi connectivity index (χ2v) is 41.9. The molecule has 0 heterocycles. The van der Waals surface area contributed by atoms with Crippen molar-refractivity contribution in [2.24, 2.45) is 112 Å². The normalized spacial score (nSPS) is 27.8. The van der Waals surface area contributed by atoms with E-state index in [1.807, 2.05) is 0 Å². The molecule has 0 amide bonds. The van der Waals surface area contributed by atoms with Gasteiger partial charge in [0.25, 0.3) is 42.4 Å². The van der Waals surface area contributed by atoms with Gasteiger partial charge in [-0.2, -0.15) is 0 Å².